The minimum Gasteiger partial charge on any atom is -0.508 e. The minimum atomic E-state index is -0.0249. The van der Waals surface area contributed by atoms with Crippen LogP contribution in [0.5, 0.6) is 5.75 Å². The van der Waals surface area contributed by atoms with Crippen LogP contribution in [0.3, 0.4) is 0 Å². The molecule has 0 aliphatic rings. The zero-order chi connectivity index (χ0) is 11.6. The van der Waals surface area contributed by atoms with E-state index in [-0.39, 0.29) is 6.04 Å². The number of aryl methyl sites for hydroxylation is 2. The summed E-state index contributed by atoms with van der Waals surface area (Å²) in [6.45, 7) is 9.79. The van der Waals surface area contributed by atoms with Gasteiger partial charge in [0.15, 0.2) is 0 Å². The number of phenols is 1. The second-order valence-electron chi connectivity index (χ2n) is 4.26. The summed E-state index contributed by atoms with van der Waals surface area (Å²) in [6.07, 6.45) is 0.784. The van der Waals surface area contributed by atoms with Crippen LogP contribution in [-0.4, -0.2) is 5.11 Å². The van der Waals surface area contributed by atoms with Crippen molar-refractivity contribution in [1.29, 1.82) is 0 Å². The summed E-state index contributed by atoms with van der Waals surface area (Å²) >= 11 is 0. The fourth-order valence-electron chi connectivity index (χ4n) is 2.01. The highest BCUT2D eigenvalue weighted by atomic mass is 16.3. The van der Waals surface area contributed by atoms with Gasteiger partial charge in [-0.1, -0.05) is 5.57 Å². The molecule has 0 saturated heterocycles. The first kappa shape index (κ1) is 11.8. The quantitative estimate of drug-likeness (QED) is 0.745. The summed E-state index contributed by atoms with van der Waals surface area (Å²) in [7, 11) is 0. The summed E-state index contributed by atoms with van der Waals surface area (Å²) in [5, 5.41) is 9.42. The maximum atomic E-state index is 9.42. The fraction of sp³-hybridized carbons (Fsp3) is 0.385. The van der Waals surface area contributed by atoms with E-state index in [1.807, 2.05) is 20.8 Å². The van der Waals surface area contributed by atoms with Gasteiger partial charge in [-0.3, -0.25) is 0 Å². The average molecular weight is 205 g/mol. The van der Waals surface area contributed by atoms with Crippen LogP contribution in [-0.2, 0) is 0 Å². The van der Waals surface area contributed by atoms with Gasteiger partial charge < -0.3 is 10.8 Å². The van der Waals surface area contributed by atoms with E-state index in [1.54, 1.807) is 12.1 Å². The number of hydrogen-bond acceptors (Lipinski definition) is 2. The lowest BCUT2D eigenvalue weighted by atomic mass is 9.93. The molecule has 1 atom stereocenters. The summed E-state index contributed by atoms with van der Waals surface area (Å²) in [5.41, 5.74) is 10.4. The first-order chi connectivity index (χ1) is 6.91. The van der Waals surface area contributed by atoms with Crippen molar-refractivity contribution in [2.24, 2.45) is 5.73 Å². The molecule has 0 spiro atoms. The molecule has 0 amide bonds. The van der Waals surface area contributed by atoms with E-state index in [4.69, 9.17) is 5.73 Å². The number of nitrogens with two attached hydrogens (primary N) is 1. The highest BCUT2D eigenvalue weighted by Gasteiger charge is 2.12. The van der Waals surface area contributed by atoms with Gasteiger partial charge in [-0.15, -0.1) is 6.58 Å². The number of hydrogen-bond donors (Lipinski definition) is 2. The lowest BCUT2D eigenvalue weighted by Gasteiger charge is -2.18. The van der Waals surface area contributed by atoms with E-state index < -0.39 is 0 Å². The molecule has 3 N–H and O–H groups in total. The smallest absolute Gasteiger partial charge is 0.116 e. The molecule has 0 aliphatic carbocycles. The van der Waals surface area contributed by atoms with Crippen molar-refractivity contribution in [1.82, 2.24) is 0 Å². The molecule has 2 heteroatoms. The average Bonchev–Trinajstić information content (AvgIpc) is 1.99. The van der Waals surface area contributed by atoms with Crippen LogP contribution in [0.2, 0.25) is 0 Å². The monoisotopic (exact) mass is 205 g/mol. The summed E-state index contributed by atoms with van der Waals surface area (Å²) in [4.78, 5) is 0. The van der Waals surface area contributed by atoms with Crippen molar-refractivity contribution < 1.29 is 5.11 Å². The van der Waals surface area contributed by atoms with Gasteiger partial charge in [-0.2, -0.15) is 0 Å². The first-order valence-corrected chi connectivity index (χ1v) is 5.12. The van der Waals surface area contributed by atoms with Crippen LogP contribution in [0.15, 0.2) is 24.3 Å². The molecule has 15 heavy (non-hydrogen) atoms. The number of rotatable bonds is 3. The molecule has 0 heterocycles. The molecule has 0 aromatic heterocycles. The molecular formula is C13H19NO. The Balaban J connectivity index is 3.08. The predicted molar refractivity (Wildman–Crippen MR) is 63.9 cm³/mol. The van der Waals surface area contributed by atoms with Gasteiger partial charge in [0.1, 0.15) is 5.75 Å². The van der Waals surface area contributed by atoms with Gasteiger partial charge in [0, 0.05) is 6.04 Å². The number of aromatic hydroxyl groups is 1. The van der Waals surface area contributed by atoms with Gasteiger partial charge >= 0.3 is 0 Å². The Morgan fingerprint density at radius 1 is 1.40 bits per heavy atom. The third-order valence-electron chi connectivity index (χ3n) is 2.52. The Kier molecular flexibility index (Phi) is 3.53. The van der Waals surface area contributed by atoms with Crippen LogP contribution < -0.4 is 5.73 Å². The topological polar surface area (TPSA) is 46.2 Å². The maximum Gasteiger partial charge on any atom is 0.116 e. The van der Waals surface area contributed by atoms with Crippen LogP contribution in [0.1, 0.15) is 36.1 Å². The number of benzene rings is 1. The third kappa shape index (κ3) is 2.83. The predicted octanol–water partition coefficient (Wildman–Crippen LogP) is 2.98. The van der Waals surface area contributed by atoms with Gasteiger partial charge in [-0.05, 0) is 56.0 Å². The molecule has 82 valence electrons. The Hall–Kier alpha value is -1.28. The van der Waals surface area contributed by atoms with E-state index in [1.165, 1.54) is 0 Å². The Bertz CT molecular complexity index is 359. The van der Waals surface area contributed by atoms with Crippen molar-refractivity contribution in [3.8, 4) is 5.75 Å². The molecule has 0 unspecified atom stereocenters. The summed E-state index contributed by atoms with van der Waals surface area (Å²) < 4.78 is 0. The second kappa shape index (κ2) is 4.49. The van der Waals surface area contributed by atoms with Crippen molar-refractivity contribution in [2.75, 3.05) is 0 Å². The third-order valence-corrected chi connectivity index (χ3v) is 2.52. The largest absolute Gasteiger partial charge is 0.508 e. The van der Waals surface area contributed by atoms with E-state index >= 15 is 0 Å². The Morgan fingerprint density at radius 2 is 1.87 bits per heavy atom. The molecule has 0 bridgehead atoms. The van der Waals surface area contributed by atoms with Crippen molar-refractivity contribution in [2.45, 2.75) is 33.2 Å². The highest BCUT2D eigenvalue weighted by molar-refractivity contribution is 5.42. The molecule has 0 aliphatic heterocycles. The van der Waals surface area contributed by atoms with Crippen LogP contribution in [0.4, 0.5) is 0 Å². The van der Waals surface area contributed by atoms with E-state index in [0.717, 1.165) is 28.7 Å². The molecule has 1 aromatic carbocycles. The Labute approximate surface area is 91.4 Å². The van der Waals surface area contributed by atoms with Gasteiger partial charge in [-0.25, -0.2) is 0 Å². The van der Waals surface area contributed by atoms with E-state index in [0.29, 0.717) is 5.75 Å². The maximum absolute atomic E-state index is 9.42. The fourth-order valence-corrected chi connectivity index (χ4v) is 2.01. The SMILES string of the molecule is C=C(C)C[C@H](N)c1c(C)cc(O)cc1C. The normalized spacial score (nSPS) is 12.5. The summed E-state index contributed by atoms with van der Waals surface area (Å²) in [5.74, 6) is 0.302. The molecule has 0 radical (unpaired) electrons. The standard InChI is InChI=1S/C13H19NO/c1-8(2)5-12(14)13-9(3)6-11(15)7-10(13)4/h6-7,12,15H,1,5,14H2,2-4H3/t12-/m0/s1. The molecule has 0 saturated carbocycles. The van der Waals surface area contributed by atoms with Crippen LogP contribution in [0.25, 0.3) is 0 Å². The van der Waals surface area contributed by atoms with Crippen LogP contribution >= 0.6 is 0 Å². The van der Waals surface area contributed by atoms with Crippen molar-refractivity contribution >= 4 is 0 Å². The van der Waals surface area contributed by atoms with E-state index in [2.05, 4.69) is 6.58 Å². The minimum absolute atomic E-state index is 0.0249. The Morgan fingerprint density at radius 3 is 2.27 bits per heavy atom. The van der Waals surface area contributed by atoms with Crippen molar-refractivity contribution in [3.63, 3.8) is 0 Å². The second-order valence-corrected chi connectivity index (χ2v) is 4.26. The van der Waals surface area contributed by atoms with E-state index in [9.17, 15) is 5.11 Å². The lowest BCUT2D eigenvalue weighted by molar-refractivity contribution is 0.473. The highest BCUT2D eigenvalue weighted by Crippen LogP contribution is 2.27. The van der Waals surface area contributed by atoms with Gasteiger partial charge in [0.25, 0.3) is 0 Å². The van der Waals surface area contributed by atoms with Crippen molar-refractivity contribution in [3.05, 3.63) is 41.0 Å². The number of phenolic OH excluding ortho intramolecular Hbond substituents is 1. The lowest BCUT2D eigenvalue weighted by Crippen LogP contribution is -2.13. The van der Waals surface area contributed by atoms with Gasteiger partial charge in [0.2, 0.25) is 0 Å². The first-order valence-electron chi connectivity index (χ1n) is 5.12. The summed E-state index contributed by atoms with van der Waals surface area (Å²) in [6, 6.07) is 3.48. The molecule has 2 nitrogen and oxygen atoms in total. The molecule has 1 rings (SSSR count). The molecule has 0 fully saturated rings. The zero-order valence-corrected chi connectivity index (χ0v) is 9.67. The molecular weight excluding hydrogens is 186 g/mol. The molecule has 1 aromatic rings. The van der Waals surface area contributed by atoms with Crippen LogP contribution in [0, 0.1) is 13.8 Å². The zero-order valence-electron chi connectivity index (χ0n) is 9.67. The van der Waals surface area contributed by atoms with Gasteiger partial charge in [0.05, 0.1) is 0 Å².